The quantitative estimate of drug-likeness (QED) is 0.595. The molecule has 6 heteroatoms. The summed E-state index contributed by atoms with van der Waals surface area (Å²) >= 11 is 0. The first-order chi connectivity index (χ1) is 11.1. The summed E-state index contributed by atoms with van der Waals surface area (Å²) in [6.45, 7) is 1.24. The lowest BCUT2D eigenvalue weighted by Crippen LogP contribution is -2.01. The fraction of sp³-hybridized carbons (Fsp3) is 0.588. The van der Waals surface area contributed by atoms with Crippen LogP contribution in [0.5, 0.6) is 17.2 Å². The number of ether oxygens (including phenoxy) is 4. The molecule has 0 amide bonds. The van der Waals surface area contributed by atoms with E-state index in [0.29, 0.717) is 36.9 Å². The van der Waals surface area contributed by atoms with Crippen molar-refractivity contribution in [1.29, 1.82) is 0 Å². The minimum atomic E-state index is -0.757. The monoisotopic (exact) mass is 326 g/mol. The van der Waals surface area contributed by atoms with E-state index in [-0.39, 0.29) is 6.42 Å². The molecule has 1 aromatic carbocycles. The molecule has 1 rings (SSSR count). The molecule has 0 aliphatic rings. The Morgan fingerprint density at radius 2 is 1.57 bits per heavy atom. The number of methoxy groups -OCH3 is 3. The van der Waals surface area contributed by atoms with E-state index in [1.807, 2.05) is 12.1 Å². The average molecular weight is 326 g/mol. The molecule has 0 saturated heterocycles. The summed E-state index contributed by atoms with van der Waals surface area (Å²) in [5.74, 6) is 1.13. The third-order valence-electron chi connectivity index (χ3n) is 3.41. The number of rotatable bonds is 12. The van der Waals surface area contributed by atoms with Crippen LogP contribution in [0.2, 0.25) is 0 Å². The van der Waals surface area contributed by atoms with Crippen LogP contribution < -0.4 is 14.2 Å². The molecule has 0 aliphatic carbocycles. The van der Waals surface area contributed by atoms with Crippen LogP contribution >= 0.6 is 0 Å². The predicted octanol–water partition coefficient (Wildman–Crippen LogP) is 2.92. The second kappa shape index (κ2) is 10.7. The summed E-state index contributed by atoms with van der Waals surface area (Å²) < 4.78 is 21.5. The highest BCUT2D eigenvalue weighted by molar-refractivity contribution is 5.66. The maximum atomic E-state index is 10.4. The van der Waals surface area contributed by atoms with Gasteiger partial charge in [0.15, 0.2) is 11.5 Å². The van der Waals surface area contributed by atoms with E-state index < -0.39 is 5.97 Å². The molecule has 0 fully saturated rings. The van der Waals surface area contributed by atoms with Crippen molar-refractivity contribution < 1.29 is 28.8 Å². The molecule has 0 aromatic heterocycles. The lowest BCUT2D eigenvalue weighted by molar-refractivity contribution is -0.137. The highest BCUT2D eigenvalue weighted by Crippen LogP contribution is 2.38. The van der Waals surface area contributed by atoms with Crippen LogP contribution in [0.15, 0.2) is 12.1 Å². The number of carboxylic acids is 1. The molecular formula is C17H26O6. The molecule has 0 heterocycles. The van der Waals surface area contributed by atoms with Gasteiger partial charge in [0.2, 0.25) is 5.75 Å². The van der Waals surface area contributed by atoms with E-state index >= 15 is 0 Å². The zero-order valence-corrected chi connectivity index (χ0v) is 14.1. The van der Waals surface area contributed by atoms with Crippen molar-refractivity contribution >= 4 is 5.97 Å². The topological polar surface area (TPSA) is 74.2 Å². The maximum absolute atomic E-state index is 10.4. The van der Waals surface area contributed by atoms with Gasteiger partial charge in [-0.25, -0.2) is 0 Å². The summed E-state index contributed by atoms with van der Waals surface area (Å²) in [4.78, 5) is 10.4. The Balaban J connectivity index is 2.36. The van der Waals surface area contributed by atoms with Crippen molar-refractivity contribution in [2.75, 3.05) is 34.5 Å². The number of aryl methyl sites for hydroxylation is 1. The number of carboxylic acid groups (broad SMARTS) is 1. The second-order valence-electron chi connectivity index (χ2n) is 5.10. The van der Waals surface area contributed by atoms with Crippen LogP contribution in [0, 0.1) is 0 Å². The molecule has 130 valence electrons. The fourth-order valence-corrected chi connectivity index (χ4v) is 2.24. The van der Waals surface area contributed by atoms with E-state index in [1.54, 1.807) is 21.3 Å². The highest BCUT2D eigenvalue weighted by atomic mass is 16.5. The van der Waals surface area contributed by atoms with Crippen molar-refractivity contribution in [3.05, 3.63) is 17.7 Å². The molecule has 0 spiro atoms. The van der Waals surface area contributed by atoms with E-state index in [1.165, 1.54) is 0 Å². The molecule has 23 heavy (non-hydrogen) atoms. The van der Waals surface area contributed by atoms with Gasteiger partial charge in [-0.3, -0.25) is 4.79 Å². The van der Waals surface area contributed by atoms with Gasteiger partial charge in [-0.05, 0) is 43.4 Å². The molecular weight excluding hydrogens is 300 g/mol. The second-order valence-corrected chi connectivity index (χ2v) is 5.10. The average Bonchev–Trinajstić information content (AvgIpc) is 2.55. The summed E-state index contributed by atoms with van der Waals surface area (Å²) in [6, 6.07) is 3.88. The largest absolute Gasteiger partial charge is 0.493 e. The Kier molecular flexibility index (Phi) is 8.90. The Morgan fingerprint density at radius 3 is 2.09 bits per heavy atom. The highest BCUT2D eigenvalue weighted by Gasteiger charge is 2.12. The van der Waals surface area contributed by atoms with Crippen LogP contribution in [-0.2, 0) is 16.0 Å². The third-order valence-corrected chi connectivity index (χ3v) is 3.41. The van der Waals surface area contributed by atoms with Crippen LogP contribution in [0.3, 0.4) is 0 Å². The van der Waals surface area contributed by atoms with Crippen molar-refractivity contribution in [3.63, 3.8) is 0 Å². The van der Waals surface area contributed by atoms with Crippen LogP contribution in [0.1, 0.15) is 31.2 Å². The molecule has 0 unspecified atom stereocenters. The summed E-state index contributed by atoms with van der Waals surface area (Å²) in [7, 11) is 4.78. The number of unbranched alkanes of at least 4 members (excludes halogenated alkanes) is 1. The Morgan fingerprint density at radius 1 is 0.957 bits per heavy atom. The van der Waals surface area contributed by atoms with Crippen molar-refractivity contribution in [2.24, 2.45) is 0 Å². The Bertz CT molecular complexity index is 461. The van der Waals surface area contributed by atoms with Gasteiger partial charge in [0.25, 0.3) is 0 Å². The smallest absolute Gasteiger partial charge is 0.303 e. The molecule has 6 nitrogen and oxygen atoms in total. The van der Waals surface area contributed by atoms with Gasteiger partial charge in [0.05, 0.1) is 21.3 Å². The number of hydrogen-bond acceptors (Lipinski definition) is 5. The molecule has 0 aliphatic heterocycles. The molecule has 1 aromatic rings. The zero-order chi connectivity index (χ0) is 17.1. The fourth-order valence-electron chi connectivity index (χ4n) is 2.24. The van der Waals surface area contributed by atoms with E-state index in [9.17, 15) is 4.79 Å². The first-order valence-corrected chi connectivity index (χ1v) is 7.70. The predicted molar refractivity (Wildman–Crippen MR) is 86.7 cm³/mol. The number of aliphatic carboxylic acids is 1. The van der Waals surface area contributed by atoms with Gasteiger partial charge < -0.3 is 24.1 Å². The van der Waals surface area contributed by atoms with Gasteiger partial charge in [0, 0.05) is 19.6 Å². The van der Waals surface area contributed by atoms with Crippen LogP contribution in [-0.4, -0.2) is 45.6 Å². The minimum absolute atomic E-state index is 0.203. The van der Waals surface area contributed by atoms with Gasteiger partial charge in [-0.2, -0.15) is 0 Å². The zero-order valence-electron chi connectivity index (χ0n) is 14.1. The van der Waals surface area contributed by atoms with E-state index in [2.05, 4.69) is 0 Å². The summed E-state index contributed by atoms with van der Waals surface area (Å²) in [5, 5.41) is 8.53. The lowest BCUT2D eigenvalue weighted by atomic mass is 10.1. The first kappa shape index (κ1) is 19.1. The van der Waals surface area contributed by atoms with E-state index in [4.69, 9.17) is 24.1 Å². The Labute approximate surface area is 137 Å². The maximum Gasteiger partial charge on any atom is 0.303 e. The van der Waals surface area contributed by atoms with Gasteiger partial charge >= 0.3 is 5.97 Å². The van der Waals surface area contributed by atoms with Gasteiger partial charge in [-0.15, -0.1) is 0 Å². The standard InChI is InChI=1S/C17H26O6/c1-20-14-11-13(12-15(21-2)17(14)22-3)7-6-10-23-9-5-4-8-16(18)19/h11-12H,4-10H2,1-3H3,(H,18,19). The first-order valence-electron chi connectivity index (χ1n) is 7.70. The molecule has 0 atom stereocenters. The minimum Gasteiger partial charge on any atom is -0.493 e. The summed E-state index contributed by atoms with van der Waals surface area (Å²) in [5.41, 5.74) is 1.09. The van der Waals surface area contributed by atoms with Gasteiger partial charge in [0.1, 0.15) is 0 Å². The number of benzene rings is 1. The number of carbonyl (C=O) groups is 1. The molecule has 0 saturated carbocycles. The normalized spacial score (nSPS) is 10.4. The molecule has 0 bridgehead atoms. The lowest BCUT2D eigenvalue weighted by Gasteiger charge is -2.14. The van der Waals surface area contributed by atoms with Crippen molar-refractivity contribution in [3.8, 4) is 17.2 Å². The molecule has 1 N–H and O–H groups in total. The van der Waals surface area contributed by atoms with E-state index in [0.717, 1.165) is 24.8 Å². The SMILES string of the molecule is COc1cc(CCCOCCCCC(=O)O)cc(OC)c1OC. The van der Waals surface area contributed by atoms with Crippen molar-refractivity contribution in [1.82, 2.24) is 0 Å². The van der Waals surface area contributed by atoms with Crippen molar-refractivity contribution in [2.45, 2.75) is 32.1 Å². The van der Waals surface area contributed by atoms with Crippen LogP contribution in [0.25, 0.3) is 0 Å². The molecule has 0 radical (unpaired) electrons. The third kappa shape index (κ3) is 6.78. The van der Waals surface area contributed by atoms with Crippen LogP contribution in [0.4, 0.5) is 0 Å². The Hall–Kier alpha value is -1.95. The summed E-state index contributed by atoms with van der Waals surface area (Å²) in [6.07, 6.45) is 3.34. The van der Waals surface area contributed by atoms with Gasteiger partial charge in [-0.1, -0.05) is 0 Å². The number of hydrogen-bond donors (Lipinski definition) is 1.